The van der Waals surface area contributed by atoms with Gasteiger partial charge in [-0.05, 0) is 150 Å². The van der Waals surface area contributed by atoms with Crippen molar-refractivity contribution < 1.29 is 111 Å². The number of hydrogen-bond donors (Lipinski definition) is 1. The predicted molar refractivity (Wildman–Crippen MR) is 317 cm³/mol. The van der Waals surface area contributed by atoms with Gasteiger partial charge in [0.25, 0.3) is 0 Å². The number of ketones is 1. The molecular weight excluding hydrogens is 1260 g/mol. The fourth-order valence-corrected chi connectivity index (χ4v) is 10.4. The largest absolute Gasteiger partial charge is 0.494 e. The Labute approximate surface area is 530 Å². The first-order chi connectivity index (χ1) is 44.5. The van der Waals surface area contributed by atoms with Crippen molar-refractivity contribution in [1.29, 1.82) is 0 Å². The number of halogens is 10. The van der Waals surface area contributed by atoms with E-state index in [0.717, 1.165) is 10.5 Å². The van der Waals surface area contributed by atoms with E-state index in [1.807, 2.05) is 19.1 Å². The van der Waals surface area contributed by atoms with Crippen LogP contribution in [-0.4, -0.2) is 91.3 Å². The lowest BCUT2D eigenvalue weighted by Gasteiger charge is -2.28. The fraction of sp³-hybridized carbons (Fsp3) is 0.294. The molecule has 9 rings (SSSR count). The zero-order valence-corrected chi connectivity index (χ0v) is 49.9. The summed E-state index contributed by atoms with van der Waals surface area (Å²) in [4.78, 5) is 103. The average molecular weight is 1320 g/mol. The first kappa shape index (κ1) is 69.7. The van der Waals surface area contributed by atoms with Crippen molar-refractivity contribution in [2.45, 2.75) is 83.4 Å². The molecule has 494 valence electrons. The molecule has 0 aromatic heterocycles. The number of nitrogens with one attached hydrogen (secondary N) is 1. The van der Waals surface area contributed by atoms with Crippen LogP contribution in [-0.2, 0) is 51.5 Å². The zero-order chi connectivity index (χ0) is 68.1. The van der Waals surface area contributed by atoms with Crippen molar-refractivity contribution in [3.8, 4) is 34.1 Å². The van der Waals surface area contributed by atoms with Crippen LogP contribution < -0.4 is 29.2 Å². The van der Waals surface area contributed by atoms with E-state index in [0.29, 0.717) is 33.6 Å². The molecule has 0 bridgehead atoms. The van der Waals surface area contributed by atoms with Crippen LogP contribution in [0, 0.1) is 23.7 Å². The molecule has 4 atom stereocenters. The lowest BCUT2D eigenvalue weighted by molar-refractivity contribution is -0.284. The summed E-state index contributed by atoms with van der Waals surface area (Å²) >= 11 is 0. The molecule has 26 heteroatoms. The van der Waals surface area contributed by atoms with Crippen LogP contribution in [0.3, 0.4) is 0 Å². The minimum atomic E-state index is -5.64. The number of fused-ring (bicyclic) bond motifs is 3. The third-order valence-corrected chi connectivity index (χ3v) is 15.2. The Kier molecular flexibility index (Phi) is 22.3. The van der Waals surface area contributed by atoms with Crippen LogP contribution in [0.15, 0.2) is 152 Å². The average Bonchev–Trinajstić information content (AvgIpc) is 1.56. The minimum Gasteiger partial charge on any atom is -0.494 e. The van der Waals surface area contributed by atoms with Gasteiger partial charge in [-0.2, -0.15) is 43.9 Å². The molecule has 6 aromatic rings. The molecule has 4 unspecified atom stereocenters. The highest BCUT2D eigenvalue weighted by Crippen LogP contribution is 2.49. The summed E-state index contributed by atoms with van der Waals surface area (Å²) in [6, 6.07) is 35.7. The van der Waals surface area contributed by atoms with Gasteiger partial charge in [-0.25, -0.2) is 19.3 Å². The van der Waals surface area contributed by atoms with Crippen LogP contribution >= 0.6 is 0 Å². The van der Waals surface area contributed by atoms with Gasteiger partial charge in [0.15, 0.2) is 5.78 Å². The van der Waals surface area contributed by atoms with Crippen molar-refractivity contribution >= 4 is 65.2 Å². The number of alkyl halides is 10. The number of ether oxygens (including phenoxy) is 6. The van der Waals surface area contributed by atoms with Gasteiger partial charge in [0.05, 0.1) is 35.9 Å². The number of anilines is 1. The van der Waals surface area contributed by atoms with Crippen LogP contribution in [0.5, 0.6) is 23.0 Å². The van der Waals surface area contributed by atoms with Gasteiger partial charge in [-0.3, -0.25) is 24.0 Å². The van der Waals surface area contributed by atoms with Gasteiger partial charge in [0.2, 0.25) is 17.7 Å². The number of carbonyl (C=O) groups excluding carboxylic acids is 8. The van der Waals surface area contributed by atoms with Crippen molar-refractivity contribution in [2.24, 2.45) is 23.7 Å². The topological polar surface area (TPSA) is 207 Å². The quantitative estimate of drug-likeness (QED) is 0.0120. The number of hydrogen-bond acceptors (Lipinski definition) is 14. The number of imide groups is 1. The molecule has 3 amide bonds. The number of Topliss-reactive ketones (excluding diaryl/α,β-unsaturated/α-hetero) is 1. The maximum Gasteiger partial charge on any atom is 0.453 e. The Morgan fingerprint density at radius 3 is 1.57 bits per heavy atom. The molecule has 16 nitrogen and oxygen atoms in total. The number of amides is 3. The number of benzene rings is 6. The summed E-state index contributed by atoms with van der Waals surface area (Å²) in [6.45, 7) is 2.08. The van der Waals surface area contributed by atoms with Gasteiger partial charge < -0.3 is 33.7 Å². The Balaban J connectivity index is 0.000000327. The van der Waals surface area contributed by atoms with Crippen LogP contribution in [0.1, 0.15) is 88.9 Å². The number of carbonyl (C=O) groups is 8. The predicted octanol–water partition coefficient (Wildman–Crippen LogP) is 13.5. The van der Waals surface area contributed by atoms with Crippen molar-refractivity contribution in [3.63, 3.8) is 0 Å². The second-order valence-corrected chi connectivity index (χ2v) is 21.7. The summed E-state index contributed by atoms with van der Waals surface area (Å²) in [5.74, 6) is -16.4. The molecule has 1 saturated carbocycles. The number of esters is 4. The van der Waals surface area contributed by atoms with Crippen LogP contribution in [0.4, 0.5) is 49.6 Å². The molecular formula is C68H58F10N2O14. The lowest BCUT2D eigenvalue weighted by Crippen LogP contribution is -2.45. The van der Waals surface area contributed by atoms with Gasteiger partial charge in [0, 0.05) is 44.7 Å². The molecule has 3 aliphatic rings. The molecule has 94 heavy (non-hydrogen) atoms. The first-order valence-corrected chi connectivity index (χ1v) is 29.0. The zero-order valence-electron chi connectivity index (χ0n) is 49.9. The highest BCUT2D eigenvalue weighted by atomic mass is 19.4. The molecule has 1 aliphatic carbocycles. The monoisotopic (exact) mass is 1320 g/mol. The summed E-state index contributed by atoms with van der Waals surface area (Å²) in [5.41, 5.74) is 4.17. The van der Waals surface area contributed by atoms with Crippen LogP contribution in [0.2, 0.25) is 0 Å². The van der Waals surface area contributed by atoms with Crippen molar-refractivity contribution in [3.05, 3.63) is 185 Å². The van der Waals surface area contributed by atoms with Gasteiger partial charge in [-0.1, -0.05) is 66.7 Å². The van der Waals surface area contributed by atoms with Gasteiger partial charge >= 0.3 is 48.1 Å². The minimum absolute atomic E-state index is 0.0329. The highest BCUT2D eigenvalue weighted by Gasteiger charge is 2.64. The number of nitrogens with zero attached hydrogens (tertiary/aromatic N) is 1. The third-order valence-electron chi connectivity index (χ3n) is 15.2. The van der Waals surface area contributed by atoms with Gasteiger partial charge in [-0.15, -0.1) is 0 Å². The van der Waals surface area contributed by atoms with E-state index in [9.17, 15) is 82.3 Å². The highest BCUT2D eigenvalue weighted by molar-refractivity contribution is 6.29. The second-order valence-electron chi connectivity index (χ2n) is 21.7. The normalized spacial score (nSPS) is 17.2. The number of rotatable bonds is 23. The smallest absolute Gasteiger partial charge is 0.453 e. The van der Waals surface area contributed by atoms with E-state index < -0.39 is 116 Å². The van der Waals surface area contributed by atoms with Gasteiger partial charge in [0.1, 0.15) is 42.1 Å². The van der Waals surface area contributed by atoms with Crippen molar-refractivity contribution in [2.75, 3.05) is 24.7 Å². The molecule has 1 N–H and O–H groups in total. The Morgan fingerprint density at radius 1 is 0.574 bits per heavy atom. The molecule has 2 saturated heterocycles. The first-order valence-electron chi connectivity index (χ1n) is 29.0. The molecule has 3 fully saturated rings. The summed E-state index contributed by atoms with van der Waals surface area (Å²) in [7, 11) is 0. The summed E-state index contributed by atoms with van der Waals surface area (Å²) in [6.07, 6.45) is -8.58. The van der Waals surface area contributed by atoms with E-state index in [2.05, 4.69) is 5.32 Å². The fourth-order valence-electron chi connectivity index (χ4n) is 10.4. The summed E-state index contributed by atoms with van der Waals surface area (Å²) in [5, 5.41) is 2.64. The van der Waals surface area contributed by atoms with E-state index in [1.54, 1.807) is 72.8 Å². The maximum atomic E-state index is 13.8. The van der Waals surface area contributed by atoms with E-state index in [1.165, 1.54) is 85.8 Å². The summed E-state index contributed by atoms with van der Waals surface area (Å²) < 4.78 is 157. The molecule has 0 spiro atoms. The Bertz CT molecular complexity index is 3820. The SMILES string of the molecule is C/C=C/c1ccc(OC(=O)c2ccc(OCCCC(F)(F)C(F)(F)F)cc2)cc1.CC(=O)OCc1cc(N2C(=O)C3C(=O)C4CNC(=O)CC4C3C2=O)ccc1-c1ccccc1COC(=O)/C=C/c1ccc(OC(=O)c2ccc(OCCCC(F)(F)C(F)(F)F)cc2)cc1. The third kappa shape index (κ3) is 17.5. The molecule has 0 radical (unpaired) electrons. The molecule has 6 aromatic carbocycles. The van der Waals surface area contributed by atoms with Crippen LogP contribution in [0.25, 0.3) is 23.3 Å². The number of allylic oxidation sites excluding steroid dienone is 1. The second kappa shape index (κ2) is 30.1. The standard InChI is InChI=1S/C47H39F5N2O11.C21H19F5O3/c1-26(55)63-25-30-21-31(54-43(59)40-36-22-38(56)53-23-37(36)42(58)41(40)44(54)60)12-17-35(30)34-6-3-2-5-29(34)24-64-39(57)18-9-27-7-13-33(14-8-27)65-45(61)28-10-15-32(16-11-28)62-20-4-19-46(48,49)47(50,51)52;1-2-4-15-5-9-18(10-6-15)29-19(27)16-7-11-17(12-8-16)28-14-3-13-20(22,23)21(24,25)26/h2-3,5-18,21,36-37,40-41H,4,19-20,22-25H2,1H3,(H,53,56);2,4-12H,3,13-14H2,1H3/b18-9+;4-2+. The Morgan fingerprint density at radius 2 is 1.06 bits per heavy atom. The molecule has 2 heterocycles. The molecule has 2 aliphatic heterocycles. The van der Waals surface area contributed by atoms with E-state index in [4.69, 9.17) is 28.4 Å². The van der Waals surface area contributed by atoms with Crippen molar-refractivity contribution in [1.82, 2.24) is 5.32 Å². The van der Waals surface area contributed by atoms with E-state index >= 15 is 0 Å². The van der Waals surface area contributed by atoms with E-state index in [-0.39, 0.29) is 78.5 Å². The Hall–Kier alpha value is -10.1. The number of piperidine rings is 1. The maximum absolute atomic E-state index is 13.8. The lowest BCUT2D eigenvalue weighted by atomic mass is 9.83.